The molecule has 0 amide bonds. The summed E-state index contributed by atoms with van der Waals surface area (Å²) in [4.78, 5) is 11.1. The van der Waals surface area contributed by atoms with E-state index in [1.165, 1.54) is 11.5 Å². The minimum Gasteiger partial charge on any atom is -0.480 e. The molecular formula is C13H22O3S2. The molecule has 2 heterocycles. The fraction of sp³-hybridized carbons (Fsp3) is 0.923. The third kappa shape index (κ3) is 3.58. The van der Waals surface area contributed by atoms with Crippen molar-refractivity contribution >= 4 is 29.5 Å². The number of thioether (sulfide) groups is 2. The van der Waals surface area contributed by atoms with E-state index in [4.69, 9.17) is 9.84 Å². The van der Waals surface area contributed by atoms with Crippen molar-refractivity contribution in [2.24, 2.45) is 0 Å². The van der Waals surface area contributed by atoms with Crippen LogP contribution in [-0.2, 0) is 9.53 Å². The molecule has 2 atom stereocenters. The third-order valence-corrected chi connectivity index (χ3v) is 6.49. The van der Waals surface area contributed by atoms with Gasteiger partial charge in [0.1, 0.15) is 5.25 Å². The monoisotopic (exact) mass is 290 g/mol. The van der Waals surface area contributed by atoms with Gasteiger partial charge in [-0.05, 0) is 43.6 Å². The van der Waals surface area contributed by atoms with Crippen LogP contribution in [0.4, 0.5) is 0 Å². The number of aliphatic carboxylic acids is 1. The second-order valence-electron chi connectivity index (χ2n) is 5.13. The molecule has 5 heteroatoms. The van der Waals surface area contributed by atoms with E-state index in [2.05, 4.69) is 0 Å². The molecule has 2 unspecified atom stereocenters. The van der Waals surface area contributed by atoms with Crippen LogP contribution in [0.5, 0.6) is 0 Å². The van der Waals surface area contributed by atoms with Crippen LogP contribution in [0.2, 0.25) is 0 Å². The Morgan fingerprint density at radius 2 is 2.28 bits per heavy atom. The van der Waals surface area contributed by atoms with Gasteiger partial charge >= 0.3 is 5.97 Å². The summed E-state index contributed by atoms with van der Waals surface area (Å²) in [5.41, 5.74) is 0.0674. The van der Waals surface area contributed by atoms with Crippen LogP contribution in [0.3, 0.4) is 0 Å². The Bertz CT molecular complexity index is 284. The molecule has 2 aliphatic rings. The van der Waals surface area contributed by atoms with Gasteiger partial charge in [0.15, 0.2) is 0 Å². The van der Waals surface area contributed by atoms with Gasteiger partial charge in [0.05, 0.1) is 5.60 Å². The van der Waals surface area contributed by atoms with Gasteiger partial charge in [0, 0.05) is 11.9 Å². The molecule has 3 nitrogen and oxygen atoms in total. The normalized spacial score (nSPS) is 29.1. The summed E-state index contributed by atoms with van der Waals surface area (Å²) >= 11 is 3.66. The standard InChI is InChI=1S/C13H22O3S2/c1-2-11(12(14)15)18-10-3-6-16-13(9-10)4-7-17-8-5-13/h10-11H,2-9H2,1H3,(H,14,15). The predicted molar refractivity (Wildman–Crippen MR) is 77.6 cm³/mol. The Labute approximate surface area is 117 Å². The molecule has 2 rings (SSSR count). The maximum atomic E-state index is 11.1. The Morgan fingerprint density at radius 1 is 1.56 bits per heavy atom. The molecule has 0 aromatic heterocycles. The molecular weight excluding hydrogens is 268 g/mol. The first-order valence-electron chi connectivity index (χ1n) is 6.75. The maximum absolute atomic E-state index is 11.1. The van der Waals surface area contributed by atoms with Crippen molar-refractivity contribution in [1.29, 1.82) is 0 Å². The van der Waals surface area contributed by atoms with Crippen LogP contribution in [0, 0.1) is 0 Å². The first kappa shape index (κ1) is 14.5. The van der Waals surface area contributed by atoms with Crippen molar-refractivity contribution in [3.05, 3.63) is 0 Å². The summed E-state index contributed by atoms with van der Waals surface area (Å²) in [5, 5.41) is 9.36. The van der Waals surface area contributed by atoms with Gasteiger partial charge in [0.2, 0.25) is 0 Å². The van der Waals surface area contributed by atoms with Crippen LogP contribution in [-0.4, -0.2) is 45.3 Å². The number of ether oxygens (including phenoxy) is 1. The van der Waals surface area contributed by atoms with Crippen molar-refractivity contribution in [2.45, 2.75) is 55.1 Å². The molecule has 0 saturated carbocycles. The van der Waals surface area contributed by atoms with Gasteiger partial charge in [-0.1, -0.05) is 6.92 Å². The second kappa shape index (κ2) is 6.53. The van der Waals surface area contributed by atoms with Gasteiger partial charge in [0.25, 0.3) is 0 Å². The SMILES string of the molecule is CCC(SC1CCOC2(CCSCC2)C1)C(=O)O. The van der Waals surface area contributed by atoms with E-state index < -0.39 is 5.97 Å². The largest absolute Gasteiger partial charge is 0.480 e. The van der Waals surface area contributed by atoms with Crippen molar-refractivity contribution in [2.75, 3.05) is 18.1 Å². The topological polar surface area (TPSA) is 46.5 Å². The smallest absolute Gasteiger partial charge is 0.316 e. The van der Waals surface area contributed by atoms with E-state index in [9.17, 15) is 4.79 Å². The molecule has 1 spiro atoms. The molecule has 18 heavy (non-hydrogen) atoms. The molecule has 2 fully saturated rings. The lowest BCUT2D eigenvalue weighted by atomic mass is 9.88. The average Bonchev–Trinajstić information content (AvgIpc) is 2.36. The Kier molecular flexibility index (Phi) is 5.27. The lowest BCUT2D eigenvalue weighted by Gasteiger charge is -2.43. The quantitative estimate of drug-likeness (QED) is 0.862. The average molecular weight is 290 g/mol. The molecule has 0 aromatic carbocycles. The molecule has 104 valence electrons. The van der Waals surface area contributed by atoms with Gasteiger partial charge in [-0.2, -0.15) is 11.8 Å². The number of carboxylic acids is 1. The predicted octanol–water partition coefficient (Wildman–Crippen LogP) is 3.03. The van der Waals surface area contributed by atoms with E-state index >= 15 is 0 Å². The molecule has 0 aliphatic carbocycles. The van der Waals surface area contributed by atoms with E-state index in [-0.39, 0.29) is 10.9 Å². The lowest BCUT2D eigenvalue weighted by Crippen LogP contribution is -2.44. The highest BCUT2D eigenvalue weighted by atomic mass is 32.2. The van der Waals surface area contributed by atoms with Crippen LogP contribution in [0.1, 0.15) is 39.0 Å². The third-order valence-electron chi connectivity index (χ3n) is 3.85. The van der Waals surface area contributed by atoms with Gasteiger partial charge in [-0.3, -0.25) is 4.79 Å². The second-order valence-corrected chi connectivity index (χ2v) is 7.86. The highest BCUT2D eigenvalue weighted by Gasteiger charge is 2.39. The molecule has 0 bridgehead atoms. The zero-order chi connectivity index (χ0) is 13.0. The first-order valence-corrected chi connectivity index (χ1v) is 8.85. The van der Waals surface area contributed by atoms with Gasteiger partial charge < -0.3 is 9.84 Å². The highest BCUT2D eigenvalue weighted by molar-refractivity contribution is 8.01. The van der Waals surface area contributed by atoms with Gasteiger partial charge in [-0.15, -0.1) is 11.8 Å². The van der Waals surface area contributed by atoms with Crippen LogP contribution in [0.15, 0.2) is 0 Å². The summed E-state index contributed by atoms with van der Waals surface area (Å²) in [7, 11) is 0. The molecule has 2 saturated heterocycles. The Balaban J connectivity index is 1.91. The van der Waals surface area contributed by atoms with Crippen molar-refractivity contribution in [3.63, 3.8) is 0 Å². The fourth-order valence-electron chi connectivity index (χ4n) is 2.75. The zero-order valence-electron chi connectivity index (χ0n) is 10.9. The lowest BCUT2D eigenvalue weighted by molar-refractivity contribution is -0.136. The van der Waals surface area contributed by atoms with Crippen LogP contribution >= 0.6 is 23.5 Å². The number of hydrogen-bond acceptors (Lipinski definition) is 4. The summed E-state index contributed by atoms with van der Waals surface area (Å²) < 4.78 is 6.04. The van der Waals surface area contributed by atoms with E-state index in [0.29, 0.717) is 11.7 Å². The van der Waals surface area contributed by atoms with E-state index in [1.54, 1.807) is 11.8 Å². The van der Waals surface area contributed by atoms with Gasteiger partial charge in [-0.25, -0.2) is 0 Å². The molecule has 2 aliphatic heterocycles. The van der Waals surface area contributed by atoms with Crippen molar-refractivity contribution in [3.8, 4) is 0 Å². The van der Waals surface area contributed by atoms with Crippen LogP contribution < -0.4 is 0 Å². The maximum Gasteiger partial charge on any atom is 0.316 e. The number of rotatable bonds is 4. The number of carboxylic acid groups (broad SMARTS) is 1. The molecule has 0 aromatic rings. The highest BCUT2D eigenvalue weighted by Crippen LogP contribution is 2.42. The minimum absolute atomic E-state index is 0.0674. The summed E-state index contributed by atoms with van der Waals surface area (Å²) in [6.07, 6.45) is 5.03. The van der Waals surface area contributed by atoms with Crippen molar-refractivity contribution in [1.82, 2.24) is 0 Å². The van der Waals surface area contributed by atoms with E-state index in [0.717, 1.165) is 32.3 Å². The van der Waals surface area contributed by atoms with Crippen LogP contribution in [0.25, 0.3) is 0 Å². The van der Waals surface area contributed by atoms with E-state index in [1.807, 2.05) is 18.7 Å². The molecule has 1 N–H and O–H groups in total. The summed E-state index contributed by atoms with van der Waals surface area (Å²) in [5.74, 6) is 1.71. The zero-order valence-corrected chi connectivity index (χ0v) is 12.5. The number of hydrogen-bond donors (Lipinski definition) is 1. The number of carbonyl (C=O) groups is 1. The fourth-order valence-corrected chi connectivity index (χ4v) is 5.39. The Morgan fingerprint density at radius 3 is 2.89 bits per heavy atom. The summed E-state index contributed by atoms with van der Waals surface area (Å²) in [6.45, 7) is 2.76. The minimum atomic E-state index is -0.665. The van der Waals surface area contributed by atoms with Crippen molar-refractivity contribution < 1.29 is 14.6 Å². The first-order chi connectivity index (χ1) is 8.65. The summed E-state index contributed by atoms with van der Waals surface area (Å²) in [6, 6.07) is 0. The Hall–Kier alpha value is 0.130. The molecule has 0 radical (unpaired) electrons.